The topological polar surface area (TPSA) is 120 Å². The predicted octanol–water partition coefficient (Wildman–Crippen LogP) is 2.16. The largest absolute Gasteiger partial charge is 0.488 e. The molecule has 2 aromatic rings. The molecule has 0 atom stereocenters. The Bertz CT molecular complexity index is 871. The van der Waals surface area contributed by atoms with Gasteiger partial charge in [-0.1, -0.05) is 12.1 Å². The molecule has 0 saturated heterocycles. The maximum Gasteiger partial charge on any atom is 0.411 e. The van der Waals surface area contributed by atoms with Crippen LogP contribution in [0.25, 0.3) is 0 Å². The highest BCUT2D eigenvalue weighted by molar-refractivity contribution is 7.85. The number of nitrogens with zero attached hydrogens (tertiary/aromatic N) is 2. The number of halogens is 1. The summed E-state index contributed by atoms with van der Waals surface area (Å²) in [5.74, 6) is 0.288. The van der Waals surface area contributed by atoms with Gasteiger partial charge in [0.1, 0.15) is 6.61 Å². The molecule has 26 heavy (non-hydrogen) atoms. The van der Waals surface area contributed by atoms with Crippen molar-refractivity contribution < 1.29 is 22.1 Å². The molecule has 2 amide bonds. The number of anilines is 1. The summed E-state index contributed by atoms with van der Waals surface area (Å²) in [6.45, 7) is 3.60. The van der Waals surface area contributed by atoms with Crippen molar-refractivity contribution in [2.75, 3.05) is 17.8 Å². The average Bonchev–Trinajstić information content (AvgIpc) is 2.51. The molecule has 0 spiro atoms. The second-order valence-corrected chi connectivity index (χ2v) is 6.71. The summed E-state index contributed by atoms with van der Waals surface area (Å²) < 4.78 is 36.0. The fourth-order valence-corrected chi connectivity index (χ4v) is 2.72. The van der Waals surface area contributed by atoms with Crippen molar-refractivity contribution in [1.82, 2.24) is 14.7 Å². The van der Waals surface area contributed by atoms with Gasteiger partial charge in [0.15, 0.2) is 11.5 Å². The van der Waals surface area contributed by atoms with Gasteiger partial charge in [0.05, 0.1) is 5.88 Å². The maximum atomic E-state index is 12.0. The van der Waals surface area contributed by atoms with E-state index in [1.807, 2.05) is 0 Å². The van der Waals surface area contributed by atoms with E-state index in [9.17, 15) is 13.2 Å². The number of amides is 2. The number of hydrogen-bond acceptors (Lipinski definition) is 7. The van der Waals surface area contributed by atoms with E-state index >= 15 is 0 Å². The summed E-state index contributed by atoms with van der Waals surface area (Å²) in [5, 5.41) is 2.23. The molecule has 0 fully saturated rings. The second kappa shape index (κ2) is 8.68. The van der Waals surface area contributed by atoms with Gasteiger partial charge in [-0.25, -0.2) is 19.5 Å². The fourth-order valence-electron chi connectivity index (χ4n) is 1.95. The van der Waals surface area contributed by atoms with Crippen molar-refractivity contribution in [3.63, 3.8) is 0 Å². The lowest BCUT2D eigenvalue weighted by Gasteiger charge is -2.12. The van der Waals surface area contributed by atoms with Crippen molar-refractivity contribution >= 4 is 33.9 Å². The van der Waals surface area contributed by atoms with Crippen LogP contribution >= 0.6 is 11.6 Å². The van der Waals surface area contributed by atoms with Crippen LogP contribution in [0, 0.1) is 13.8 Å². The predicted molar refractivity (Wildman–Crippen MR) is 95.9 cm³/mol. The van der Waals surface area contributed by atoms with E-state index in [0.717, 1.165) is 0 Å². The van der Waals surface area contributed by atoms with Gasteiger partial charge in [0, 0.05) is 11.4 Å². The summed E-state index contributed by atoms with van der Waals surface area (Å²) in [6, 6.07) is 6.74. The first kappa shape index (κ1) is 19.7. The number of rotatable bonds is 7. The fraction of sp³-hybridized carbons (Fsp3) is 0.267. The number of nitrogens with one attached hydrogen (secondary N) is 2. The summed E-state index contributed by atoms with van der Waals surface area (Å²) in [5.41, 5.74) is 1.24. The molecule has 0 aliphatic heterocycles. The van der Waals surface area contributed by atoms with Crippen molar-refractivity contribution in [3.05, 3.63) is 41.7 Å². The monoisotopic (exact) mass is 400 g/mol. The molecule has 11 heteroatoms. The summed E-state index contributed by atoms with van der Waals surface area (Å²) >= 11 is 5.54. The number of para-hydroxylation sites is 2. The lowest BCUT2D eigenvalue weighted by Crippen LogP contribution is -2.37. The Hall–Kier alpha value is -2.59. The highest BCUT2D eigenvalue weighted by Gasteiger charge is 2.20. The molecular weight excluding hydrogens is 384 g/mol. The second-order valence-electron chi connectivity index (χ2n) is 5.05. The molecule has 0 aliphatic rings. The lowest BCUT2D eigenvalue weighted by molar-refractivity contribution is 0.255. The third-order valence-electron chi connectivity index (χ3n) is 2.81. The molecule has 0 bridgehead atoms. The molecular formula is C15H17ClN4O5S. The molecule has 1 aromatic carbocycles. The van der Waals surface area contributed by atoms with Crippen molar-refractivity contribution in [1.29, 1.82) is 0 Å². The average molecular weight is 401 g/mol. The third kappa shape index (κ3) is 6.05. The Morgan fingerprint density at radius 2 is 1.77 bits per heavy atom. The summed E-state index contributed by atoms with van der Waals surface area (Å²) in [4.78, 5) is 19.9. The van der Waals surface area contributed by atoms with Gasteiger partial charge in [-0.15, -0.1) is 11.6 Å². The standard InChI is InChI=1S/C15H17ClN4O5S/c1-10-9-11(2)18-14(17-10)19-15(21)20-26(22,23)25-13-6-4-3-5-12(13)24-8-7-16/h3-6,9H,7-8H2,1-2H3,(H2,17,18,19,20,21). The van der Waals surface area contributed by atoms with Crippen LogP contribution in [0.5, 0.6) is 11.5 Å². The van der Waals surface area contributed by atoms with Gasteiger partial charge in [0.25, 0.3) is 0 Å². The zero-order valence-electron chi connectivity index (χ0n) is 14.0. The number of alkyl halides is 1. The van der Waals surface area contributed by atoms with Crippen LogP contribution < -0.4 is 19.0 Å². The van der Waals surface area contributed by atoms with E-state index < -0.39 is 16.3 Å². The van der Waals surface area contributed by atoms with E-state index in [2.05, 4.69) is 15.3 Å². The van der Waals surface area contributed by atoms with Gasteiger partial charge in [-0.2, -0.15) is 8.42 Å². The number of aromatic nitrogens is 2. The SMILES string of the molecule is Cc1cc(C)nc(NC(=O)NS(=O)(=O)Oc2ccccc2OCCCl)n1. The molecule has 0 saturated carbocycles. The van der Waals surface area contributed by atoms with Gasteiger partial charge in [-0.3, -0.25) is 5.32 Å². The number of urea groups is 1. The Morgan fingerprint density at radius 3 is 2.38 bits per heavy atom. The van der Waals surface area contributed by atoms with Crippen LogP contribution in [0.2, 0.25) is 0 Å². The Morgan fingerprint density at radius 1 is 1.15 bits per heavy atom. The Labute approximate surface area is 156 Å². The minimum atomic E-state index is -4.45. The zero-order chi connectivity index (χ0) is 19.2. The smallest absolute Gasteiger partial charge is 0.411 e. The van der Waals surface area contributed by atoms with Gasteiger partial charge >= 0.3 is 16.3 Å². The molecule has 2 N–H and O–H groups in total. The van der Waals surface area contributed by atoms with Crippen LogP contribution in [0.15, 0.2) is 30.3 Å². The van der Waals surface area contributed by atoms with E-state index in [1.54, 1.807) is 36.8 Å². The van der Waals surface area contributed by atoms with Crippen LogP contribution in [-0.2, 0) is 10.3 Å². The van der Waals surface area contributed by atoms with Crippen LogP contribution in [0.1, 0.15) is 11.4 Å². The minimum absolute atomic E-state index is 0.0268. The molecule has 140 valence electrons. The van der Waals surface area contributed by atoms with E-state index in [1.165, 1.54) is 12.1 Å². The maximum absolute atomic E-state index is 12.0. The summed E-state index contributed by atoms with van der Waals surface area (Å²) in [7, 11) is -4.45. The van der Waals surface area contributed by atoms with Crippen LogP contribution in [0.4, 0.5) is 10.7 Å². The van der Waals surface area contributed by atoms with Crippen LogP contribution in [-0.4, -0.2) is 36.9 Å². The molecule has 1 heterocycles. The number of carbonyl (C=O) groups is 1. The number of hydrogen-bond donors (Lipinski definition) is 2. The molecule has 9 nitrogen and oxygen atoms in total. The third-order valence-corrected chi connectivity index (χ3v) is 3.80. The van der Waals surface area contributed by atoms with Crippen molar-refractivity contribution in [2.45, 2.75) is 13.8 Å². The number of benzene rings is 1. The first-order valence-electron chi connectivity index (χ1n) is 7.42. The van der Waals surface area contributed by atoms with Crippen LogP contribution in [0.3, 0.4) is 0 Å². The van der Waals surface area contributed by atoms with E-state index in [4.69, 9.17) is 20.5 Å². The zero-order valence-corrected chi connectivity index (χ0v) is 15.6. The molecule has 0 unspecified atom stereocenters. The highest BCUT2D eigenvalue weighted by Crippen LogP contribution is 2.27. The molecule has 0 aliphatic carbocycles. The number of aryl methyl sites for hydroxylation is 2. The first-order chi connectivity index (χ1) is 12.3. The quantitative estimate of drug-likeness (QED) is 0.683. The van der Waals surface area contributed by atoms with Gasteiger partial charge in [-0.05, 0) is 32.0 Å². The first-order valence-corrected chi connectivity index (χ1v) is 9.36. The minimum Gasteiger partial charge on any atom is -0.488 e. The van der Waals surface area contributed by atoms with E-state index in [-0.39, 0.29) is 29.9 Å². The normalized spacial score (nSPS) is 10.9. The lowest BCUT2D eigenvalue weighted by atomic mass is 10.3. The Balaban J connectivity index is 2.05. The molecule has 0 radical (unpaired) electrons. The van der Waals surface area contributed by atoms with Crippen molar-refractivity contribution in [3.8, 4) is 11.5 Å². The van der Waals surface area contributed by atoms with Gasteiger partial charge in [0.2, 0.25) is 5.95 Å². The van der Waals surface area contributed by atoms with Crippen molar-refractivity contribution in [2.24, 2.45) is 0 Å². The summed E-state index contributed by atoms with van der Waals surface area (Å²) in [6.07, 6.45) is 0. The Kier molecular flexibility index (Phi) is 6.58. The van der Waals surface area contributed by atoms with Gasteiger partial charge < -0.3 is 8.92 Å². The molecule has 2 rings (SSSR count). The number of carbonyl (C=O) groups excluding carboxylic acids is 1. The highest BCUT2D eigenvalue weighted by atomic mass is 35.5. The molecule has 1 aromatic heterocycles. The number of ether oxygens (including phenoxy) is 1. The van der Waals surface area contributed by atoms with E-state index in [0.29, 0.717) is 11.4 Å².